The number of carbonyl (C=O) groups is 2. The third-order valence-corrected chi connectivity index (χ3v) is 3.00. The molecule has 5 nitrogen and oxygen atoms in total. The van der Waals surface area contributed by atoms with Gasteiger partial charge in [0.2, 0.25) is 5.91 Å². The molecular formula is C14H17F3N2O3. The summed E-state index contributed by atoms with van der Waals surface area (Å²) in [6.45, 7) is -0.298. The molecule has 22 heavy (non-hydrogen) atoms. The van der Waals surface area contributed by atoms with Gasteiger partial charge in [0.05, 0.1) is 25.3 Å². The highest BCUT2D eigenvalue weighted by Crippen LogP contribution is 2.31. The van der Waals surface area contributed by atoms with Gasteiger partial charge in [-0.05, 0) is 24.1 Å². The molecule has 1 atom stereocenters. The van der Waals surface area contributed by atoms with Crippen LogP contribution in [-0.4, -0.2) is 25.5 Å². The van der Waals surface area contributed by atoms with Crippen LogP contribution in [0.2, 0.25) is 0 Å². The molecule has 1 rings (SSSR count). The Morgan fingerprint density at radius 2 is 2.05 bits per heavy atom. The molecule has 0 aliphatic carbocycles. The first-order valence-corrected chi connectivity index (χ1v) is 6.51. The second kappa shape index (κ2) is 7.79. The van der Waals surface area contributed by atoms with E-state index in [2.05, 4.69) is 10.1 Å². The van der Waals surface area contributed by atoms with E-state index in [0.717, 1.165) is 12.1 Å². The lowest BCUT2D eigenvalue weighted by atomic mass is 9.99. The minimum atomic E-state index is -4.49. The summed E-state index contributed by atoms with van der Waals surface area (Å²) >= 11 is 0. The fraction of sp³-hybridized carbons (Fsp3) is 0.429. The molecule has 0 bridgehead atoms. The molecular weight excluding hydrogens is 301 g/mol. The molecule has 0 saturated carbocycles. The van der Waals surface area contributed by atoms with Gasteiger partial charge in [-0.15, -0.1) is 0 Å². The van der Waals surface area contributed by atoms with E-state index in [1.807, 2.05) is 0 Å². The number of nitrogens with two attached hydrogens (primary N) is 1. The Balaban J connectivity index is 2.99. The number of halogens is 3. The monoisotopic (exact) mass is 318 g/mol. The van der Waals surface area contributed by atoms with Crippen molar-refractivity contribution >= 4 is 11.9 Å². The predicted molar refractivity (Wildman–Crippen MR) is 72.6 cm³/mol. The van der Waals surface area contributed by atoms with Crippen molar-refractivity contribution in [1.29, 1.82) is 0 Å². The van der Waals surface area contributed by atoms with Crippen LogP contribution in [0.4, 0.5) is 13.2 Å². The van der Waals surface area contributed by atoms with Crippen molar-refractivity contribution in [2.45, 2.75) is 25.1 Å². The van der Waals surface area contributed by atoms with Crippen LogP contribution in [-0.2, 0) is 20.5 Å². The molecule has 0 aliphatic heterocycles. The van der Waals surface area contributed by atoms with Gasteiger partial charge in [-0.2, -0.15) is 13.2 Å². The van der Waals surface area contributed by atoms with Crippen molar-refractivity contribution in [3.8, 4) is 0 Å². The first-order valence-electron chi connectivity index (χ1n) is 6.51. The summed E-state index contributed by atoms with van der Waals surface area (Å²) in [6.07, 6.45) is -4.41. The number of hydrogen-bond donors (Lipinski definition) is 2. The summed E-state index contributed by atoms with van der Waals surface area (Å²) in [5.41, 5.74) is 4.62. The average molecular weight is 318 g/mol. The van der Waals surface area contributed by atoms with Crippen molar-refractivity contribution in [1.82, 2.24) is 5.32 Å². The largest absolute Gasteiger partial charge is 0.469 e. The maximum absolute atomic E-state index is 12.7. The van der Waals surface area contributed by atoms with Crippen LogP contribution < -0.4 is 11.1 Å². The van der Waals surface area contributed by atoms with Gasteiger partial charge in [0.15, 0.2) is 0 Å². The smallest absolute Gasteiger partial charge is 0.416 e. The summed E-state index contributed by atoms with van der Waals surface area (Å²) in [7, 11) is 1.21. The van der Waals surface area contributed by atoms with Crippen LogP contribution in [0.25, 0.3) is 0 Å². The van der Waals surface area contributed by atoms with Crippen LogP contribution in [0.5, 0.6) is 0 Å². The van der Waals surface area contributed by atoms with E-state index in [-0.39, 0.29) is 24.9 Å². The highest BCUT2D eigenvalue weighted by atomic mass is 19.4. The van der Waals surface area contributed by atoms with E-state index >= 15 is 0 Å². The Kier molecular flexibility index (Phi) is 6.36. The molecule has 1 aromatic carbocycles. The van der Waals surface area contributed by atoms with Gasteiger partial charge >= 0.3 is 12.1 Å². The number of ether oxygens (including phenoxy) is 1. The average Bonchev–Trinajstić information content (AvgIpc) is 2.49. The van der Waals surface area contributed by atoms with Crippen molar-refractivity contribution in [3.05, 3.63) is 35.4 Å². The lowest BCUT2D eigenvalue weighted by Crippen LogP contribution is -2.34. The third kappa shape index (κ3) is 5.36. The predicted octanol–water partition coefficient (Wildman–Crippen LogP) is 1.77. The quantitative estimate of drug-likeness (QED) is 0.783. The number of benzene rings is 1. The van der Waals surface area contributed by atoms with E-state index < -0.39 is 29.7 Å². The Hall–Kier alpha value is -2.09. The van der Waals surface area contributed by atoms with E-state index in [4.69, 9.17) is 5.73 Å². The Morgan fingerprint density at radius 1 is 1.36 bits per heavy atom. The molecule has 0 saturated heterocycles. The Bertz CT molecular complexity index is 532. The zero-order valence-corrected chi connectivity index (χ0v) is 11.9. The van der Waals surface area contributed by atoms with Crippen molar-refractivity contribution in [2.75, 3.05) is 13.7 Å². The van der Waals surface area contributed by atoms with Crippen molar-refractivity contribution in [3.63, 3.8) is 0 Å². The molecule has 122 valence electrons. The molecule has 0 spiro atoms. The van der Waals surface area contributed by atoms with Gasteiger partial charge in [-0.1, -0.05) is 12.1 Å². The molecule has 0 fully saturated rings. The number of alkyl halides is 3. The van der Waals surface area contributed by atoms with Gasteiger partial charge in [-0.3, -0.25) is 9.59 Å². The van der Waals surface area contributed by atoms with Crippen molar-refractivity contribution < 1.29 is 27.5 Å². The van der Waals surface area contributed by atoms with E-state index in [0.29, 0.717) is 0 Å². The number of methoxy groups -OCH3 is 1. The first-order chi connectivity index (χ1) is 10.3. The Labute approximate surface area is 125 Å². The van der Waals surface area contributed by atoms with Gasteiger partial charge < -0.3 is 15.8 Å². The SMILES string of the molecule is COC(=O)CC[C@H](NC(=O)CN)c1cccc(C(F)(F)F)c1. The minimum Gasteiger partial charge on any atom is -0.469 e. The lowest BCUT2D eigenvalue weighted by Gasteiger charge is -2.19. The standard InChI is InChI=1S/C14H17F3N2O3/c1-22-13(21)6-5-11(19-12(20)8-18)9-3-2-4-10(7-9)14(15,16)17/h2-4,7,11H,5-6,8,18H2,1H3,(H,19,20)/t11-/m0/s1. The van der Waals surface area contributed by atoms with E-state index in [1.165, 1.54) is 19.2 Å². The highest BCUT2D eigenvalue weighted by molar-refractivity contribution is 5.78. The van der Waals surface area contributed by atoms with Gasteiger partial charge in [0.25, 0.3) is 0 Å². The van der Waals surface area contributed by atoms with Crippen molar-refractivity contribution in [2.24, 2.45) is 5.73 Å². The van der Waals surface area contributed by atoms with Gasteiger partial charge in [-0.25, -0.2) is 0 Å². The second-order valence-electron chi connectivity index (χ2n) is 4.56. The van der Waals surface area contributed by atoms with E-state index in [9.17, 15) is 22.8 Å². The second-order valence-corrected chi connectivity index (χ2v) is 4.56. The maximum atomic E-state index is 12.7. The molecule has 1 amide bonds. The summed E-state index contributed by atoms with van der Waals surface area (Å²) in [4.78, 5) is 22.6. The van der Waals surface area contributed by atoms with Crippen LogP contribution >= 0.6 is 0 Å². The van der Waals surface area contributed by atoms with Crippen LogP contribution in [0.3, 0.4) is 0 Å². The molecule has 0 aliphatic rings. The lowest BCUT2D eigenvalue weighted by molar-refractivity contribution is -0.141. The normalized spacial score (nSPS) is 12.6. The molecule has 0 radical (unpaired) electrons. The van der Waals surface area contributed by atoms with E-state index in [1.54, 1.807) is 0 Å². The summed E-state index contributed by atoms with van der Waals surface area (Å²) < 4.78 is 42.7. The zero-order chi connectivity index (χ0) is 16.8. The van der Waals surface area contributed by atoms with Gasteiger partial charge in [0.1, 0.15) is 0 Å². The Morgan fingerprint density at radius 3 is 2.59 bits per heavy atom. The molecule has 1 aromatic rings. The number of hydrogen-bond acceptors (Lipinski definition) is 4. The summed E-state index contributed by atoms with van der Waals surface area (Å²) in [5, 5.41) is 2.50. The van der Waals surface area contributed by atoms with Crippen LogP contribution in [0.1, 0.15) is 30.0 Å². The molecule has 0 unspecified atom stereocenters. The highest BCUT2D eigenvalue weighted by Gasteiger charge is 2.31. The van der Waals surface area contributed by atoms with Crippen LogP contribution in [0.15, 0.2) is 24.3 Å². The van der Waals surface area contributed by atoms with Gasteiger partial charge in [0, 0.05) is 6.42 Å². The zero-order valence-electron chi connectivity index (χ0n) is 11.9. The fourth-order valence-corrected chi connectivity index (χ4v) is 1.87. The number of rotatable bonds is 6. The fourth-order valence-electron chi connectivity index (χ4n) is 1.87. The number of nitrogens with one attached hydrogen (secondary N) is 1. The number of amides is 1. The molecule has 3 N–H and O–H groups in total. The summed E-state index contributed by atoms with van der Waals surface area (Å²) in [5.74, 6) is -1.04. The molecule has 8 heteroatoms. The number of carbonyl (C=O) groups excluding carboxylic acids is 2. The third-order valence-electron chi connectivity index (χ3n) is 3.00. The molecule has 0 heterocycles. The first kappa shape index (κ1) is 18.0. The van der Waals surface area contributed by atoms with Crippen LogP contribution in [0, 0.1) is 0 Å². The topological polar surface area (TPSA) is 81.4 Å². The summed E-state index contributed by atoms with van der Waals surface area (Å²) in [6, 6.07) is 3.83. The number of esters is 1. The minimum absolute atomic E-state index is 0.0394. The molecule has 0 aromatic heterocycles. The maximum Gasteiger partial charge on any atom is 0.416 e.